The van der Waals surface area contributed by atoms with Crippen LogP contribution in [-0.4, -0.2) is 5.97 Å². The van der Waals surface area contributed by atoms with Crippen LogP contribution >= 0.6 is 0 Å². The van der Waals surface area contributed by atoms with Crippen LogP contribution in [0.2, 0.25) is 0 Å². The number of ether oxygens (including phenoxy) is 1. The number of aryl methyl sites for hydroxylation is 1. The fraction of sp³-hybridized carbons (Fsp3) is 0.788. The van der Waals surface area contributed by atoms with Gasteiger partial charge in [0, 0.05) is 0 Å². The summed E-state index contributed by atoms with van der Waals surface area (Å²) in [5, 5.41) is 0. The van der Waals surface area contributed by atoms with Crippen molar-refractivity contribution in [3.05, 3.63) is 29.8 Å². The van der Waals surface area contributed by atoms with Crippen LogP contribution in [0.1, 0.15) is 129 Å². The average molecular weight is 481 g/mol. The van der Waals surface area contributed by atoms with Crippen LogP contribution in [0.4, 0.5) is 0 Å². The molecule has 0 saturated heterocycles. The molecule has 0 aromatic heterocycles. The highest BCUT2D eigenvalue weighted by atomic mass is 16.5. The van der Waals surface area contributed by atoms with Crippen molar-refractivity contribution in [3.8, 4) is 5.75 Å². The molecule has 0 radical (unpaired) electrons. The SMILES string of the molecule is CCCC1CCC(CCc2ccc(OC(=O)C3CCC(C4CCC(CCC)CC4)CC3)cc2)CC1. The maximum absolute atomic E-state index is 12.8. The second kappa shape index (κ2) is 13.8. The van der Waals surface area contributed by atoms with Gasteiger partial charge in [-0.25, -0.2) is 0 Å². The van der Waals surface area contributed by atoms with Gasteiger partial charge in [-0.05, 0) is 98.7 Å². The fourth-order valence-corrected chi connectivity index (χ4v) is 7.69. The number of carbonyl (C=O) groups excluding carboxylic acids is 1. The standard InChI is InChI=1S/C33H52O2/c1-3-5-25-7-9-27(10-8-25)11-12-28-15-23-32(24-16-28)35-33(34)31-21-19-30(20-22-31)29-17-13-26(6-4-2)14-18-29/h15-16,23-27,29-31H,3-14,17-22H2,1-2H3. The topological polar surface area (TPSA) is 26.3 Å². The van der Waals surface area contributed by atoms with Crippen molar-refractivity contribution in [1.29, 1.82) is 0 Å². The van der Waals surface area contributed by atoms with Crippen molar-refractivity contribution in [2.45, 2.75) is 129 Å². The average Bonchev–Trinajstić information content (AvgIpc) is 2.90. The summed E-state index contributed by atoms with van der Waals surface area (Å²) < 4.78 is 5.82. The first kappa shape index (κ1) is 26.7. The molecule has 0 heterocycles. The highest BCUT2D eigenvalue weighted by Crippen LogP contribution is 2.42. The smallest absolute Gasteiger partial charge is 0.314 e. The van der Waals surface area contributed by atoms with E-state index in [1.165, 1.54) is 102 Å². The maximum atomic E-state index is 12.8. The maximum Gasteiger partial charge on any atom is 0.314 e. The van der Waals surface area contributed by atoms with E-state index in [0.29, 0.717) is 0 Å². The lowest BCUT2D eigenvalue weighted by molar-refractivity contribution is -0.140. The van der Waals surface area contributed by atoms with Gasteiger partial charge in [-0.3, -0.25) is 4.79 Å². The van der Waals surface area contributed by atoms with E-state index in [0.717, 1.165) is 54.6 Å². The molecule has 0 atom stereocenters. The quantitative estimate of drug-likeness (QED) is 0.246. The second-order valence-corrected chi connectivity index (χ2v) is 12.5. The van der Waals surface area contributed by atoms with Crippen LogP contribution in [-0.2, 0) is 11.2 Å². The Bertz CT molecular complexity index is 729. The zero-order valence-corrected chi connectivity index (χ0v) is 22.8. The Balaban J connectivity index is 1.14. The third-order valence-corrected chi connectivity index (χ3v) is 10.0. The Morgan fingerprint density at radius 1 is 0.657 bits per heavy atom. The minimum Gasteiger partial charge on any atom is -0.426 e. The Morgan fingerprint density at radius 2 is 1.11 bits per heavy atom. The van der Waals surface area contributed by atoms with E-state index in [4.69, 9.17) is 4.74 Å². The minimum atomic E-state index is 0.00620. The van der Waals surface area contributed by atoms with Gasteiger partial charge in [0.15, 0.2) is 0 Å². The van der Waals surface area contributed by atoms with Crippen molar-refractivity contribution in [2.75, 3.05) is 0 Å². The molecule has 0 spiro atoms. The van der Waals surface area contributed by atoms with Gasteiger partial charge in [-0.2, -0.15) is 0 Å². The molecule has 1 aromatic carbocycles. The molecular weight excluding hydrogens is 428 g/mol. The predicted octanol–water partition coefficient (Wildman–Crippen LogP) is 9.54. The zero-order valence-electron chi connectivity index (χ0n) is 22.8. The zero-order chi connectivity index (χ0) is 24.5. The summed E-state index contributed by atoms with van der Waals surface area (Å²) in [6.45, 7) is 4.64. The molecule has 196 valence electrons. The van der Waals surface area contributed by atoms with E-state index in [1.807, 2.05) is 12.1 Å². The van der Waals surface area contributed by atoms with Gasteiger partial charge in [-0.15, -0.1) is 0 Å². The molecule has 0 bridgehead atoms. The molecule has 0 unspecified atom stereocenters. The van der Waals surface area contributed by atoms with E-state index in [9.17, 15) is 4.79 Å². The molecule has 35 heavy (non-hydrogen) atoms. The number of esters is 1. The first-order chi connectivity index (χ1) is 17.1. The van der Waals surface area contributed by atoms with Crippen LogP contribution in [0.15, 0.2) is 24.3 Å². The van der Waals surface area contributed by atoms with E-state index in [2.05, 4.69) is 26.0 Å². The predicted molar refractivity (Wildman–Crippen MR) is 147 cm³/mol. The van der Waals surface area contributed by atoms with E-state index in [1.54, 1.807) is 0 Å². The van der Waals surface area contributed by atoms with Crippen LogP contribution in [0, 0.1) is 35.5 Å². The number of hydrogen-bond donors (Lipinski definition) is 0. The van der Waals surface area contributed by atoms with E-state index in [-0.39, 0.29) is 11.9 Å². The molecule has 1 aromatic rings. The largest absolute Gasteiger partial charge is 0.426 e. The molecule has 2 heteroatoms. The molecule has 3 saturated carbocycles. The molecule has 3 aliphatic carbocycles. The monoisotopic (exact) mass is 480 g/mol. The summed E-state index contributed by atoms with van der Waals surface area (Å²) >= 11 is 0. The molecule has 0 amide bonds. The van der Waals surface area contributed by atoms with Crippen LogP contribution < -0.4 is 4.74 Å². The molecule has 2 nitrogen and oxygen atoms in total. The lowest BCUT2D eigenvalue weighted by atomic mass is 9.69. The number of rotatable bonds is 10. The Kier molecular flexibility index (Phi) is 10.6. The minimum absolute atomic E-state index is 0.00620. The van der Waals surface area contributed by atoms with Crippen LogP contribution in [0.3, 0.4) is 0 Å². The van der Waals surface area contributed by atoms with Crippen LogP contribution in [0.25, 0.3) is 0 Å². The van der Waals surface area contributed by atoms with E-state index < -0.39 is 0 Å². The van der Waals surface area contributed by atoms with Crippen LogP contribution in [0.5, 0.6) is 5.75 Å². The third kappa shape index (κ3) is 8.09. The summed E-state index contributed by atoms with van der Waals surface area (Å²) in [7, 11) is 0. The Morgan fingerprint density at radius 3 is 1.63 bits per heavy atom. The first-order valence-corrected chi connectivity index (χ1v) is 15.4. The van der Waals surface area contributed by atoms with Gasteiger partial charge in [0.2, 0.25) is 0 Å². The van der Waals surface area contributed by atoms with Crippen molar-refractivity contribution in [2.24, 2.45) is 35.5 Å². The molecular formula is C33H52O2. The molecule has 0 N–H and O–H groups in total. The lowest BCUT2D eigenvalue weighted by Crippen LogP contribution is -2.30. The summed E-state index contributed by atoms with van der Waals surface area (Å²) in [4.78, 5) is 12.8. The Hall–Kier alpha value is -1.31. The van der Waals surface area contributed by atoms with Crippen molar-refractivity contribution in [3.63, 3.8) is 0 Å². The van der Waals surface area contributed by atoms with Gasteiger partial charge < -0.3 is 4.74 Å². The van der Waals surface area contributed by atoms with Gasteiger partial charge in [0.25, 0.3) is 0 Å². The lowest BCUT2D eigenvalue weighted by Gasteiger charge is -2.37. The van der Waals surface area contributed by atoms with Crippen molar-refractivity contribution in [1.82, 2.24) is 0 Å². The summed E-state index contributed by atoms with van der Waals surface area (Å²) in [6.07, 6.45) is 23.9. The van der Waals surface area contributed by atoms with Gasteiger partial charge in [-0.1, -0.05) is 90.2 Å². The van der Waals surface area contributed by atoms with Gasteiger partial charge >= 0.3 is 5.97 Å². The van der Waals surface area contributed by atoms with Gasteiger partial charge in [0.1, 0.15) is 5.75 Å². The molecule has 4 rings (SSSR count). The molecule has 3 fully saturated rings. The number of carbonyl (C=O) groups is 1. The normalized spacial score (nSPS) is 31.7. The van der Waals surface area contributed by atoms with Crippen molar-refractivity contribution >= 4 is 5.97 Å². The third-order valence-electron chi connectivity index (χ3n) is 10.0. The number of hydrogen-bond acceptors (Lipinski definition) is 2. The second-order valence-electron chi connectivity index (χ2n) is 12.5. The fourth-order valence-electron chi connectivity index (χ4n) is 7.69. The number of benzene rings is 1. The van der Waals surface area contributed by atoms with E-state index >= 15 is 0 Å². The Labute approximate surface area is 216 Å². The molecule has 0 aliphatic heterocycles. The highest BCUT2D eigenvalue weighted by molar-refractivity contribution is 5.75. The highest BCUT2D eigenvalue weighted by Gasteiger charge is 2.33. The first-order valence-electron chi connectivity index (χ1n) is 15.4. The molecule has 3 aliphatic rings. The van der Waals surface area contributed by atoms with Gasteiger partial charge in [0.05, 0.1) is 5.92 Å². The van der Waals surface area contributed by atoms with Crippen molar-refractivity contribution < 1.29 is 9.53 Å². The summed E-state index contributed by atoms with van der Waals surface area (Å²) in [6, 6.07) is 8.39. The summed E-state index contributed by atoms with van der Waals surface area (Å²) in [5.41, 5.74) is 1.38. The summed E-state index contributed by atoms with van der Waals surface area (Å²) in [5.74, 6) is 5.49.